The lowest BCUT2D eigenvalue weighted by atomic mass is 10.1. The molecule has 0 aliphatic rings. The fourth-order valence-corrected chi connectivity index (χ4v) is 5.24. The van der Waals surface area contributed by atoms with Crippen LogP contribution in [0, 0.1) is 0 Å². The van der Waals surface area contributed by atoms with Crippen LogP contribution in [-0.4, -0.2) is 44.3 Å². The maximum absolute atomic E-state index is 13.2. The lowest BCUT2D eigenvalue weighted by molar-refractivity contribution is 0.162. The molecule has 1 atom stereocenters. The van der Waals surface area contributed by atoms with Gasteiger partial charge in [-0.1, -0.05) is 13.0 Å². The molecule has 0 bridgehead atoms. The van der Waals surface area contributed by atoms with E-state index in [1.165, 1.54) is 4.88 Å². The Bertz CT molecular complexity index is 1510. The van der Waals surface area contributed by atoms with E-state index in [4.69, 9.17) is 13.9 Å². The van der Waals surface area contributed by atoms with Crippen LogP contribution in [0.25, 0.3) is 10.9 Å². The average molecular weight is 521 g/mol. The zero-order valence-electron chi connectivity index (χ0n) is 20.9. The number of ether oxygens (including phenoxy) is 2. The Morgan fingerprint density at radius 3 is 2.68 bits per heavy atom. The van der Waals surface area contributed by atoms with Gasteiger partial charge in [0.1, 0.15) is 12.3 Å². The molecule has 0 amide bonds. The first-order chi connectivity index (χ1) is 18.1. The standard InChI is InChI=1S/C26H28N6O4S/c1-4-22(25-28-29-30-32(25)15-19-7-5-9-36-19)31(16-20-8-6-10-37-20)14-18-11-17-12-23(34-2)24(35-3)13-21(17)27-26(18)33/h5-13,22H,4,14-16H2,1-3H3,(H,27,33). The highest BCUT2D eigenvalue weighted by atomic mass is 32.1. The van der Waals surface area contributed by atoms with Crippen molar-refractivity contribution in [2.45, 2.75) is 39.0 Å². The molecule has 0 aliphatic carbocycles. The first-order valence-electron chi connectivity index (χ1n) is 11.9. The number of furan rings is 1. The van der Waals surface area contributed by atoms with Crippen molar-refractivity contribution >= 4 is 22.2 Å². The number of nitrogens with zero attached hydrogens (tertiary/aromatic N) is 5. The van der Waals surface area contributed by atoms with Crippen molar-refractivity contribution in [2.24, 2.45) is 0 Å². The van der Waals surface area contributed by atoms with E-state index in [2.05, 4.69) is 43.8 Å². The fourth-order valence-electron chi connectivity index (χ4n) is 4.51. The number of tetrazole rings is 1. The number of hydrogen-bond donors (Lipinski definition) is 1. The molecule has 0 spiro atoms. The number of fused-ring (bicyclic) bond motifs is 1. The second kappa shape index (κ2) is 11.0. The van der Waals surface area contributed by atoms with E-state index in [1.807, 2.05) is 30.3 Å². The predicted molar refractivity (Wildman–Crippen MR) is 140 cm³/mol. The topological polar surface area (TPSA) is 111 Å². The van der Waals surface area contributed by atoms with Gasteiger partial charge in [0.05, 0.1) is 32.0 Å². The molecule has 4 aromatic heterocycles. The third-order valence-corrected chi connectivity index (χ3v) is 7.17. The predicted octanol–water partition coefficient (Wildman–Crippen LogP) is 4.39. The van der Waals surface area contributed by atoms with E-state index >= 15 is 0 Å². The van der Waals surface area contributed by atoms with Crippen molar-refractivity contribution in [3.63, 3.8) is 0 Å². The second-order valence-corrected chi connectivity index (χ2v) is 9.63. The van der Waals surface area contributed by atoms with E-state index < -0.39 is 0 Å². The summed E-state index contributed by atoms with van der Waals surface area (Å²) in [6.45, 7) is 3.58. The number of thiophene rings is 1. The van der Waals surface area contributed by atoms with Crippen LogP contribution in [0.1, 0.15) is 41.4 Å². The van der Waals surface area contributed by atoms with Gasteiger partial charge in [-0.05, 0) is 52.6 Å². The molecule has 0 aliphatic heterocycles. The number of aromatic amines is 1. The van der Waals surface area contributed by atoms with Crippen molar-refractivity contribution in [2.75, 3.05) is 14.2 Å². The molecule has 4 heterocycles. The minimum absolute atomic E-state index is 0.132. The molecule has 192 valence electrons. The van der Waals surface area contributed by atoms with Crippen LogP contribution in [0.15, 0.2) is 63.3 Å². The van der Waals surface area contributed by atoms with E-state index in [0.29, 0.717) is 42.2 Å². The number of aromatic nitrogens is 5. The molecule has 0 radical (unpaired) electrons. The summed E-state index contributed by atoms with van der Waals surface area (Å²) in [5.74, 6) is 2.65. The Morgan fingerprint density at radius 1 is 1.14 bits per heavy atom. The quantitative estimate of drug-likeness (QED) is 0.273. The zero-order valence-corrected chi connectivity index (χ0v) is 21.7. The molecule has 0 fully saturated rings. The highest BCUT2D eigenvalue weighted by Gasteiger charge is 2.27. The summed E-state index contributed by atoms with van der Waals surface area (Å²) in [5.41, 5.74) is 1.17. The van der Waals surface area contributed by atoms with Crippen molar-refractivity contribution in [1.82, 2.24) is 30.1 Å². The van der Waals surface area contributed by atoms with Crippen LogP contribution in [0.2, 0.25) is 0 Å². The number of benzene rings is 1. The summed E-state index contributed by atoms with van der Waals surface area (Å²) < 4.78 is 18.1. The molecule has 1 N–H and O–H groups in total. The first-order valence-corrected chi connectivity index (χ1v) is 12.8. The van der Waals surface area contributed by atoms with Crippen molar-refractivity contribution in [3.05, 3.63) is 86.5 Å². The highest BCUT2D eigenvalue weighted by molar-refractivity contribution is 7.09. The van der Waals surface area contributed by atoms with Gasteiger partial charge in [-0.3, -0.25) is 9.69 Å². The third-order valence-electron chi connectivity index (χ3n) is 6.31. The molecule has 1 aromatic carbocycles. The Balaban J connectivity index is 1.52. The SMILES string of the molecule is CCC(c1nnnn1Cc1ccco1)N(Cc1cccs1)Cc1cc2cc(OC)c(OC)cc2[nH]c1=O. The Morgan fingerprint density at radius 2 is 1.97 bits per heavy atom. The van der Waals surface area contributed by atoms with E-state index in [1.54, 1.807) is 42.6 Å². The highest BCUT2D eigenvalue weighted by Crippen LogP contribution is 2.32. The monoisotopic (exact) mass is 520 g/mol. The van der Waals surface area contributed by atoms with Gasteiger partial charge in [-0.2, -0.15) is 0 Å². The summed E-state index contributed by atoms with van der Waals surface area (Å²) >= 11 is 1.68. The van der Waals surface area contributed by atoms with E-state index in [0.717, 1.165) is 23.4 Å². The van der Waals surface area contributed by atoms with Crippen LogP contribution < -0.4 is 15.0 Å². The van der Waals surface area contributed by atoms with Gasteiger partial charge in [-0.15, -0.1) is 16.4 Å². The molecule has 11 heteroatoms. The third kappa shape index (κ3) is 5.27. The molecular formula is C26H28N6O4S. The Labute approximate surface area is 217 Å². The molecule has 0 saturated heterocycles. The summed E-state index contributed by atoms with van der Waals surface area (Å²) in [6.07, 6.45) is 2.39. The maximum atomic E-state index is 13.2. The van der Waals surface area contributed by atoms with Gasteiger partial charge in [0, 0.05) is 35.0 Å². The van der Waals surface area contributed by atoms with Gasteiger partial charge in [0.2, 0.25) is 0 Å². The summed E-state index contributed by atoms with van der Waals surface area (Å²) in [6, 6.07) is 13.3. The number of H-pyrrole nitrogens is 1. The Hall–Kier alpha value is -3.96. The smallest absolute Gasteiger partial charge is 0.252 e. The van der Waals surface area contributed by atoms with Gasteiger partial charge in [0.15, 0.2) is 17.3 Å². The van der Waals surface area contributed by atoms with Gasteiger partial charge < -0.3 is 18.9 Å². The number of methoxy groups -OCH3 is 2. The molecule has 37 heavy (non-hydrogen) atoms. The lowest BCUT2D eigenvalue weighted by Crippen LogP contribution is -2.32. The number of pyridine rings is 1. The molecular weight excluding hydrogens is 492 g/mol. The summed E-state index contributed by atoms with van der Waals surface area (Å²) in [5, 5.41) is 15.5. The fraction of sp³-hybridized carbons (Fsp3) is 0.308. The number of rotatable bonds is 11. The van der Waals surface area contributed by atoms with Crippen molar-refractivity contribution in [1.29, 1.82) is 0 Å². The van der Waals surface area contributed by atoms with Crippen molar-refractivity contribution < 1.29 is 13.9 Å². The van der Waals surface area contributed by atoms with Crippen LogP contribution in [0.3, 0.4) is 0 Å². The zero-order chi connectivity index (χ0) is 25.8. The van der Waals surface area contributed by atoms with Crippen LogP contribution in [0.5, 0.6) is 11.5 Å². The lowest BCUT2D eigenvalue weighted by Gasteiger charge is -2.29. The molecule has 5 aromatic rings. The average Bonchev–Trinajstić information content (AvgIpc) is 3.69. The van der Waals surface area contributed by atoms with Gasteiger partial charge in [-0.25, -0.2) is 4.68 Å². The van der Waals surface area contributed by atoms with Crippen molar-refractivity contribution in [3.8, 4) is 11.5 Å². The van der Waals surface area contributed by atoms with E-state index in [9.17, 15) is 4.79 Å². The summed E-state index contributed by atoms with van der Waals surface area (Å²) in [7, 11) is 3.17. The van der Waals surface area contributed by atoms with Crippen LogP contribution >= 0.6 is 11.3 Å². The molecule has 10 nitrogen and oxygen atoms in total. The second-order valence-electron chi connectivity index (χ2n) is 8.60. The normalized spacial score (nSPS) is 12.3. The number of nitrogens with one attached hydrogen (secondary N) is 1. The number of hydrogen-bond acceptors (Lipinski definition) is 9. The Kier molecular flexibility index (Phi) is 7.33. The van der Waals surface area contributed by atoms with Crippen LogP contribution in [0.4, 0.5) is 0 Å². The first kappa shape index (κ1) is 24.7. The van der Waals surface area contributed by atoms with Gasteiger partial charge in [0.25, 0.3) is 5.56 Å². The maximum Gasteiger partial charge on any atom is 0.252 e. The minimum atomic E-state index is -0.152. The largest absolute Gasteiger partial charge is 0.493 e. The molecule has 0 saturated carbocycles. The molecule has 1 unspecified atom stereocenters. The van der Waals surface area contributed by atoms with Gasteiger partial charge >= 0.3 is 0 Å². The minimum Gasteiger partial charge on any atom is -0.493 e. The molecule has 5 rings (SSSR count). The van der Waals surface area contributed by atoms with Crippen LogP contribution in [-0.2, 0) is 19.6 Å². The summed E-state index contributed by atoms with van der Waals surface area (Å²) in [4.78, 5) is 19.6. The van der Waals surface area contributed by atoms with E-state index in [-0.39, 0.29) is 11.6 Å².